The summed E-state index contributed by atoms with van der Waals surface area (Å²) in [6, 6.07) is 25.3. The Kier molecular flexibility index (Phi) is 7.03. The Morgan fingerprint density at radius 1 is 0.720 bits per heavy atom. The number of allylic oxidation sites excluding steroid dienone is 1. The van der Waals surface area contributed by atoms with Crippen molar-refractivity contribution in [1.29, 1.82) is 0 Å². The topological polar surface area (TPSA) is 12.0 Å². The van der Waals surface area contributed by atoms with Gasteiger partial charge in [0, 0.05) is 11.4 Å². The minimum atomic E-state index is 1.10. The Morgan fingerprint density at radius 2 is 1.36 bits per heavy atom. The maximum atomic E-state index is 3.42. The lowest BCUT2D eigenvalue weighted by Crippen LogP contribution is -1.91. The zero-order chi connectivity index (χ0) is 18.1. The second kappa shape index (κ2) is 9.48. The molecule has 1 N–H and O–H groups in total. The fourth-order valence-electron chi connectivity index (χ4n) is 2.74. The Labute approximate surface area is 152 Å². The lowest BCUT2D eigenvalue weighted by molar-refractivity contribution is 1.43. The van der Waals surface area contributed by atoms with Crippen molar-refractivity contribution >= 4 is 17.5 Å². The van der Waals surface area contributed by atoms with Gasteiger partial charge in [-0.25, -0.2) is 0 Å². The highest BCUT2D eigenvalue weighted by Crippen LogP contribution is 2.29. The van der Waals surface area contributed by atoms with Crippen LogP contribution in [0.2, 0.25) is 0 Å². The van der Waals surface area contributed by atoms with Crippen LogP contribution in [0, 0.1) is 6.92 Å². The van der Waals surface area contributed by atoms with E-state index in [1.807, 2.05) is 32.0 Å². The molecule has 0 amide bonds. The van der Waals surface area contributed by atoms with Gasteiger partial charge in [0.2, 0.25) is 0 Å². The van der Waals surface area contributed by atoms with Crippen molar-refractivity contribution in [1.82, 2.24) is 0 Å². The summed E-state index contributed by atoms with van der Waals surface area (Å²) in [7, 11) is 0. The lowest BCUT2D eigenvalue weighted by atomic mass is 9.95. The number of rotatable bonds is 4. The quantitative estimate of drug-likeness (QED) is 0.523. The van der Waals surface area contributed by atoms with Gasteiger partial charge >= 0.3 is 0 Å². The number of hydrogen-bond donors (Lipinski definition) is 1. The van der Waals surface area contributed by atoms with Crippen molar-refractivity contribution in [3.05, 3.63) is 90.0 Å². The van der Waals surface area contributed by atoms with E-state index < -0.39 is 0 Å². The normalized spacial score (nSPS) is 10.2. The van der Waals surface area contributed by atoms with Gasteiger partial charge in [0.15, 0.2) is 0 Å². The molecule has 0 heterocycles. The van der Waals surface area contributed by atoms with Gasteiger partial charge in [0.05, 0.1) is 0 Å². The molecule has 1 heteroatoms. The van der Waals surface area contributed by atoms with Crippen molar-refractivity contribution in [2.75, 3.05) is 5.32 Å². The second-order valence-corrected chi connectivity index (χ2v) is 5.60. The zero-order valence-corrected chi connectivity index (χ0v) is 15.6. The largest absolute Gasteiger partial charge is 0.356 e. The molecular weight excluding hydrogens is 302 g/mol. The van der Waals surface area contributed by atoms with Gasteiger partial charge in [0.25, 0.3) is 0 Å². The highest BCUT2D eigenvalue weighted by atomic mass is 14.9. The predicted octanol–water partition coefficient (Wildman–Crippen LogP) is 7.46. The summed E-state index contributed by atoms with van der Waals surface area (Å²) in [4.78, 5) is 0. The molecule has 0 unspecified atom stereocenters. The molecule has 0 aliphatic rings. The molecule has 0 saturated heterocycles. The maximum Gasteiger partial charge on any atom is 0.0384 e. The fourth-order valence-corrected chi connectivity index (χ4v) is 2.74. The van der Waals surface area contributed by atoms with E-state index in [1.54, 1.807) is 0 Å². The van der Waals surface area contributed by atoms with Crippen molar-refractivity contribution in [2.24, 2.45) is 0 Å². The molecule has 0 radical (unpaired) electrons. The Balaban J connectivity index is 0.00000109. The average molecular weight is 329 g/mol. The van der Waals surface area contributed by atoms with Gasteiger partial charge in [-0.05, 0) is 60.4 Å². The highest BCUT2D eigenvalue weighted by molar-refractivity contribution is 5.78. The van der Waals surface area contributed by atoms with Crippen LogP contribution in [0.3, 0.4) is 0 Å². The molecule has 0 fully saturated rings. The molecule has 0 aliphatic heterocycles. The molecule has 1 nitrogen and oxygen atoms in total. The van der Waals surface area contributed by atoms with Crippen molar-refractivity contribution < 1.29 is 0 Å². The van der Waals surface area contributed by atoms with Crippen LogP contribution >= 0.6 is 0 Å². The van der Waals surface area contributed by atoms with Crippen LogP contribution in [-0.4, -0.2) is 0 Å². The van der Waals surface area contributed by atoms with E-state index in [-0.39, 0.29) is 0 Å². The van der Waals surface area contributed by atoms with E-state index in [0.29, 0.717) is 0 Å². The molecule has 128 valence electrons. The minimum Gasteiger partial charge on any atom is -0.356 e. The Bertz CT molecular complexity index is 799. The SMILES string of the molecule is C/C=C\c1c(C)cccc1-c1ccc(Nc2ccccc2)cc1.CC. The van der Waals surface area contributed by atoms with E-state index in [4.69, 9.17) is 0 Å². The molecule has 0 spiro atoms. The molecule has 3 aromatic carbocycles. The number of aryl methyl sites for hydroxylation is 1. The zero-order valence-electron chi connectivity index (χ0n) is 15.6. The average Bonchev–Trinajstić information content (AvgIpc) is 2.67. The summed E-state index contributed by atoms with van der Waals surface area (Å²) < 4.78 is 0. The van der Waals surface area contributed by atoms with Crippen LogP contribution in [-0.2, 0) is 0 Å². The molecule has 3 rings (SSSR count). The van der Waals surface area contributed by atoms with E-state index in [0.717, 1.165) is 11.4 Å². The van der Waals surface area contributed by atoms with Gasteiger partial charge < -0.3 is 5.32 Å². The number of para-hydroxylation sites is 1. The number of benzene rings is 3. The number of anilines is 2. The summed E-state index contributed by atoms with van der Waals surface area (Å²) in [5.74, 6) is 0. The molecule has 0 bridgehead atoms. The number of nitrogens with one attached hydrogen (secondary N) is 1. The van der Waals surface area contributed by atoms with Crippen LogP contribution in [0.4, 0.5) is 11.4 Å². The fraction of sp³-hybridized carbons (Fsp3) is 0.167. The minimum absolute atomic E-state index is 1.10. The molecule has 0 atom stereocenters. The van der Waals surface area contributed by atoms with Crippen LogP contribution in [0.1, 0.15) is 31.9 Å². The van der Waals surface area contributed by atoms with E-state index in [9.17, 15) is 0 Å². The summed E-state index contributed by atoms with van der Waals surface area (Å²) in [6.07, 6.45) is 4.28. The monoisotopic (exact) mass is 329 g/mol. The second-order valence-electron chi connectivity index (χ2n) is 5.60. The number of hydrogen-bond acceptors (Lipinski definition) is 1. The highest BCUT2D eigenvalue weighted by Gasteiger charge is 2.05. The third kappa shape index (κ3) is 4.84. The van der Waals surface area contributed by atoms with Gasteiger partial charge in [0.1, 0.15) is 0 Å². The van der Waals surface area contributed by atoms with Gasteiger partial charge in [-0.1, -0.05) is 74.5 Å². The Hall–Kier alpha value is -2.80. The van der Waals surface area contributed by atoms with Crippen molar-refractivity contribution in [3.8, 4) is 11.1 Å². The van der Waals surface area contributed by atoms with Crippen molar-refractivity contribution in [3.63, 3.8) is 0 Å². The summed E-state index contributed by atoms with van der Waals surface area (Å²) in [6.45, 7) is 8.22. The standard InChI is InChI=1S/C22H21N.C2H6/c1-3-8-21-17(2)9-7-12-22(21)18-13-15-20(16-14-18)23-19-10-5-4-6-11-19;1-2/h3-16,23H,1-2H3;1-2H3/b8-3-;. The molecule has 0 aromatic heterocycles. The van der Waals surface area contributed by atoms with Gasteiger partial charge in [-0.3, -0.25) is 0 Å². The Morgan fingerprint density at radius 3 is 2.00 bits per heavy atom. The van der Waals surface area contributed by atoms with E-state index >= 15 is 0 Å². The first-order chi connectivity index (χ1) is 12.3. The third-order valence-corrected chi connectivity index (χ3v) is 3.92. The predicted molar refractivity (Wildman–Crippen MR) is 112 cm³/mol. The first kappa shape index (κ1) is 18.5. The van der Waals surface area contributed by atoms with E-state index in [1.165, 1.54) is 22.3 Å². The molecular formula is C24H27N. The van der Waals surface area contributed by atoms with Crippen LogP contribution in [0.5, 0.6) is 0 Å². The summed E-state index contributed by atoms with van der Waals surface area (Å²) in [5, 5.41) is 3.42. The first-order valence-electron chi connectivity index (χ1n) is 8.93. The van der Waals surface area contributed by atoms with Gasteiger partial charge in [-0.15, -0.1) is 0 Å². The summed E-state index contributed by atoms with van der Waals surface area (Å²) in [5.41, 5.74) is 7.30. The van der Waals surface area contributed by atoms with Crippen LogP contribution in [0.25, 0.3) is 17.2 Å². The molecule has 3 aromatic rings. The van der Waals surface area contributed by atoms with E-state index in [2.05, 4.69) is 85.9 Å². The smallest absolute Gasteiger partial charge is 0.0384 e. The molecule has 0 aliphatic carbocycles. The van der Waals surface area contributed by atoms with Crippen LogP contribution in [0.15, 0.2) is 78.9 Å². The molecule has 0 saturated carbocycles. The van der Waals surface area contributed by atoms with Gasteiger partial charge in [-0.2, -0.15) is 0 Å². The molecule has 25 heavy (non-hydrogen) atoms. The van der Waals surface area contributed by atoms with Crippen molar-refractivity contribution in [2.45, 2.75) is 27.7 Å². The maximum absolute atomic E-state index is 3.42. The third-order valence-electron chi connectivity index (χ3n) is 3.92. The lowest BCUT2D eigenvalue weighted by Gasteiger charge is -2.11. The van der Waals surface area contributed by atoms with Crippen LogP contribution < -0.4 is 5.32 Å². The summed E-state index contributed by atoms with van der Waals surface area (Å²) >= 11 is 0. The first-order valence-corrected chi connectivity index (χ1v) is 8.93.